The van der Waals surface area contributed by atoms with Crippen LogP contribution in [0.2, 0.25) is 5.02 Å². The Morgan fingerprint density at radius 2 is 1.82 bits per heavy atom. The van der Waals surface area contributed by atoms with E-state index in [1.54, 1.807) is 18.2 Å². The average Bonchev–Trinajstić information content (AvgIpc) is 2.58. The summed E-state index contributed by atoms with van der Waals surface area (Å²) in [5, 5.41) is 3.32. The molecule has 2 heterocycles. The van der Waals surface area contributed by atoms with Gasteiger partial charge in [-0.3, -0.25) is 4.79 Å². The summed E-state index contributed by atoms with van der Waals surface area (Å²) >= 11 is 6.07. The van der Waals surface area contributed by atoms with Crippen LogP contribution in [0.15, 0.2) is 42.5 Å². The number of aromatic nitrogens is 1. The Balaban J connectivity index is 1.76. The van der Waals surface area contributed by atoms with Crippen molar-refractivity contribution in [2.45, 2.75) is 19.3 Å². The number of hydrogen-bond acceptors (Lipinski definition) is 3. The van der Waals surface area contributed by atoms with Gasteiger partial charge in [0, 0.05) is 13.1 Å². The highest BCUT2D eigenvalue weighted by atomic mass is 35.5. The third kappa shape index (κ3) is 3.39. The van der Waals surface area contributed by atoms with Crippen molar-refractivity contribution in [3.05, 3.63) is 53.2 Å². The van der Waals surface area contributed by atoms with Crippen LogP contribution in [-0.2, 0) is 0 Å². The molecule has 1 saturated heterocycles. The second-order valence-corrected chi connectivity index (χ2v) is 5.77. The van der Waals surface area contributed by atoms with Gasteiger partial charge in [0.05, 0.1) is 10.7 Å². The second kappa shape index (κ2) is 6.79. The number of halogens is 1. The molecule has 1 aromatic heterocycles. The monoisotopic (exact) mass is 315 g/mol. The first-order chi connectivity index (χ1) is 10.7. The van der Waals surface area contributed by atoms with E-state index in [9.17, 15) is 4.79 Å². The van der Waals surface area contributed by atoms with E-state index in [2.05, 4.69) is 15.2 Å². The van der Waals surface area contributed by atoms with Crippen LogP contribution < -0.4 is 10.2 Å². The molecule has 114 valence electrons. The van der Waals surface area contributed by atoms with Crippen molar-refractivity contribution < 1.29 is 4.79 Å². The van der Waals surface area contributed by atoms with Gasteiger partial charge in [0.2, 0.25) is 0 Å². The van der Waals surface area contributed by atoms with Gasteiger partial charge < -0.3 is 10.2 Å². The SMILES string of the molecule is O=C(Nc1ccccc1Cl)c1cccc(N2CCCCC2)n1. The van der Waals surface area contributed by atoms with E-state index in [0.717, 1.165) is 18.9 Å². The molecule has 0 spiro atoms. The van der Waals surface area contributed by atoms with Crippen molar-refractivity contribution in [1.82, 2.24) is 4.98 Å². The lowest BCUT2D eigenvalue weighted by atomic mass is 10.1. The summed E-state index contributed by atoms with van der Waals surface area (Å²) in [5.41, 5.74) is 1.00. The number of hydrogen-bond donors (Lipinski definition) is 1. The maximum absolute atomic E-state index is 12.4. The van der Waals surface area contributed by atoms with Crippen LogP contribution in [0, 0.1) is 0 Å². The van der Waals surface area contributed by atoms with Gasteiger partial charge in [0.25, 0.3) is 5.91 Å². The van der Waals surface area contributed by atoms with Crippen molar-refractivity contribution in [3.63, 3.8) is 0 Å². The molecule has 0 atom stereocenters. The Kier molecular flexibility index (Phi) is 4.59. The summed E-state index contributed by atoms with van der Waals surface area (Å²) in [6, 6.07) is 12.7. The molecule has 1 aliphatic rings. The maximum atomic E-state index is 12.4. The summed E-state index contributed by atoms with van der Waals surface area (Å²) in [6.45, 7) is 2.01. The number of benzene rings is 1. The zero-order valence-electron chi connectivity index (χ0n) is 12.3. The Bertz CT molecular complexity index is 668. The first kappa shape index (κ1) is 14.9. The minimum absolute atomic E-state index is 0.244. The molecule has 5 heteroatoms. The van der Waals surface area contributed by atoms with Crippen molar-refractivity contribution in [2.75, 3.05) is 23.3 Å². The quantitative estimate of drug-likeness (QED) is 0.932. The number of nitrogens with zero attached hydrogens (tertiary/aromatic N) is 2. The molecule has 0 saturated carbocycles. The number of carbonyl (C=O) groups is 1. The molecule has 1 aromatic carbocycles. The van der Waals surface area contributed by atoms with Crippen LogP contribution in [-0.4, -0.2) is 24.0 Å². The zero-order valence-corrected chi connectivity index (χ0v) is 13.0. The van der Waals surface area contributed by atoms with E-state index in [1.807, 2.05) is 24.3 Å². The highest BCUT2D eigenvalue weighted by Gasteiger charge is 2.15. The molecule has 4 nitrogen and oxygen atoms in total. The van der Waals surface area contributed by atoms with Gasteiger partial charge in [0.15, 0.2) is 0 Å². The number of amides is 1. The highest BCUT2D eigenvalue weighted by molar-refractivity contribution is 6.33. The normalized spacial score (nSPS) is 14.7. The number of pyridine rings is 1. The van der Waals surface area contributed by atoms with Crippen molar-refractivity contribution in [3.8, 4) is 0 Å². The molecule has 0 bridgehead atoms. The molecular weight excluding hydrogens is 298 g/mol. The zero-order chi connectivity index (χ0) is 15.4. The van der Waals surface area contributed by atoms with Gasteiger partial charge in [-0.15, -0.1) is 0 Å². The Labute approximate surface area is 135 Å². The number of carbonyl (C=O) groups excluding carboxylic acids is 1. The molecule has 1 fully saturated rings. The van der Waals surface area contributed by atoms with Crippen molar-refractivity contribution in [2.24, 2.45) is 0 Å². The lowest BCUT2D eigenvalue weighted by Gasteiger charge is -2.27. The lowest BCUT2D eigenvalue weighted by molar-refractivity contribution is 0.102. The van der Waals surface area contributed by atoms with Gasteiger partial charge in [-0.2, -0.15) is 0 Å². The molecule has 0 unspecified atom stereocenters. The predicted octanol–water partition coefficient (Wildman–Crippen LogP) is 3.98. The van der Waals surface area contributed by atoms with Gasteiger partial charge >= 0.3 is 0 Å². The number of para-hydroxylation sites is 1. The molecule has 1 N–H and O–H groups in total. The van der Waals surface area contributed by atoms with E-state index in [-0.39, 0.29) is 5.91 Å². The smallest absolute Gasteiger partial charge is 0.274 e. The summed E-state index contributed by atoms with van der Waals surface area (Å²) in [6.07, 6.45) is 3.62. The highest BCUT2D eigenvalue weighted by Crippen LogP contribution is 2.22. The standard InChI is InChI=1S/C17H18ClN3O/c18-13-7-2-3-8-14(13)20-17(22)15-9-6-10-16(19-15)21-11-4-1-5-12-21/h2-3,6-10H,1,4-5,11-12H2,(H,20,22). The Hall–Kier alpha value is -2.07. The molecule has 1 aliphatic heterocycles. The number of anilines is 2. The van der Waals surface area contributed by atoms with Crippen LogP contribution in [0.1, 0.15) is 29.8 Å². The van der Waals surface area contributed by atoms with Crippen LogP contribution in [0.5, 0.6) is 0 Å². The predicted molar refractivity (Wildman–Crippen MR) is 89.7 cm³/mol. The molecule has 1 amide bonds. The molecule has 0 radical (unpaired) electrons. The molecule has 3 rings (SSSR count). The van der Waals surface area contributed by atoms with Crippen LogP contribution in [0.4, 0.5) is 11.5 Å². The van der Waals surface area contributed by atoms with Gasteiger partial charge in [-0.05, 0) is 43.5 Å². The Morgan fingerprint density at radius 1 is 1.05 bits per heavy atom. The summed E-state index contributed by atoms with van der Waals surface area (Å²) in [7, 11) is 0. The first-order valence-corrected chi connectivity index (χ1v) is 7.90. The second-order valence-electron chi connectivity index (χ2n) is 5.36. The number of rotatable bonds is 3. The number of piperidine rings is 1. The molecular formula is C17H18ClN3O. The minimum Gasteiger partial charge on any atom is -0.357 e. The summed E-state index contributed by atoms with van der Waals surface area (Å²) in [4.78, 5) is 19.1. The third-order valence-electron chi connectivity index (χ3n) is 3.77. The van der Waals surface area contributed by atoms with E-state index in [4.69, 9.17) is 11.6 Å². The topological polar surface area (TPSA) is 45.2 Å². The largest absolute Gasteiger partial charge is 0.357 e. The third-order valence-corrected chi connectivity index (χ3v) is 4.10. The molecule has 2 aromatic rings. The van der Waals surface area contributed by atoms with Crippen LogP contribution >= 0.6 is 11.6 Å². The maximum Gasteiger partial charge on any atom is 0.274 e. The summed E-state index contributed by atoms with van der Waals surface area (Å²) < 4.78 is 0. The van der Waals surface area contributed by atoms with Crippen LogP contribution in [0.3, 0.4) is 0 Å². The van der Waals surface area contributed by atoms with Gasteiger partial charge in [-0.1, -0.05) is 29.8 Å². The van der Waals surface area contributed by atoms with E-state index in [1.165, 1.54) is 19.3 Å². The fourth-order valence-electron chi connectivity index (χ4n) is 2.60. The fraction of sp³-hybridized carbons (Fsp3) is 0.294. The molecule has 0 aliphatic carbocycles. The van der Waals surface area contributed by atoms with Gasteiger partial charge in [0.1, 0.15) is 11.5 Å². The van der Waals surface area contributed by atoms with Crippen molar-refractivity contribution >= 4 is 29.0 Å². The van der Waals surface area contributed by atoms with Crippen LogP contribution in [0.25, 0.3) is 0 Å². The Morgan fingerprint density at radius 3 is 2.59 bits per heavy atom. The fourth-order valence-corrected chi connectivity index (χ4v) is 2.78. The van der Waals surface area contributed by atoms with E-state index < -0.39 is 0 Å². The van der Waals surface area contributed by atoms with E-state index >= 15 is 0 Å². The van der Waals surface area contributed by atoms with Crippen molar-refractivity contribution in [1.29, 1.82) is 0 Å². The summed E-state index contributed by atoms with van der Waals surface area (Å²) in [5.74, 6) is 0.624. The van der Waals surface area contributed by atoms with Gasteiger partial charge in [-0.25, -0.2) is 4.98 Å². The number of nitrogens with one attached hydrogen (secondary N) is 1. The molecule has 22 heavy (non-hydrogen) atoms. The lowest BCUT2D eigenvalue weighted by Crippen LogP contribution is -2.30. The van der Waals surface area contributed by atoms with E-state index in [0.29, 0.717) is 16.4 Å². The minimum atomic E-state index is -0.244. The average molecular weight is 316 g/mol. The first-order valence-electron chi connectivity index (χ1n) is 7.52.